The number of benzene rings is 1. The number of aliphatic hydroxyl groups is 1. The van der Waals surface area contributed by atoms with Gasteiger partial charge in [-0.05, 0) is 0 Å². The van der Waals surface area contributed by atoms with Gasteiger partial charge < -0.3 is 0 Å². The van der Waals surface area contributed by atoms with Crippen molar-refractivity contribution in [3.63, 3.8) is 0 Å². The fraction of sp³-hybridized carbons (Fsp3) is 0.739. The fourth-order valence-corrected chi connectivity index (χ4v) is 8.58. The Morgan fingerprint density at radius 2 is 1.93 bits per heavy atom. The molecule has 2 saturated carbocycles. The summed E-state index contributed by atoms with van der Waals surface area (Å²) in [6.45, 7) is 0.964. The Labute approximate surface area is 179 Å². The molecule has 2 fully saturated rings. The second kappa shape index (κ2) is 9.25. The second-order valence-corrected chi connectivity index (χ2v) is 13.8. The van der Waals surface area contributed by atoms with Crippen molar-refractivity contribution in [2.24, 2.45) is 5.92 Å². The molecular weight excluding hydrogens is 471 g/mol. The molecule has 0 radical (unpaired) electrons. The molecule has 1 aromatic rings. The molecule has 2 N–H and O–H groups in total. The third kappa shape index (κ3) is 5.66. The Balaban J connectivity index is 1.83. The van der Waals surface area contributed by atoms with Gasteiger partial charge in [-0.2, -0.15) is 0 Å². The van der Waals surface area contributed by atoms with Crippen LogP contribution in [0.25, 0.3) is 0 Å². The Kier molecular flexibility index (Phi) is 7.41. The van der Waals surface area contributed by atoms with Crippen LogP contribution in [0.15, 0.2) is 24.3 Å². The van der Waals surface area contributed by atoms with Crippen LogP contribution in [0.1, 0.15) is 81.8 Å². The normalized spacial score (nSPS) is 26.7. The third-order valence-electron chi connectivity index (χ3n) is 6.58. The summed E-state index contributed by atoms with van der Waals surface area (Å²) in [6, 6.07) is 6.90. The van der Waals surface area contributed by atoms with Crippen LogP contribution in [0.5, 0.6) is 0 Å². The standard InChI is InChI=1S/C23H36F2INO/c1-22(24,25)19-9-7-8-18(16-19)21(23(28)12-5-4-6-13-23)15-17-10-11-20(14-17)26-27(2)3/h7-9,16-17,20-21,27-28H,4-6,10-15H2,1-3H3. The van der Waals surface area contributed by atoms with E-state index in [-0.39, 0.29) is 33.0 Å². The van der Waals surface area contributed by atoms with Gasteiger partial charge in [0.2, 0.25) is 0 Å². The Morgan fingerprint density at radius 3 is 2.57 bits per heavy atom. The summed E-state index contributed by atoms with van der Waals surface area (Å²) in [5.41, 5.74) is 0.250. The third-order valence-corrected chi connectivity index (χ3v) is 9.84. The molecule has 160 valence electrons. The van der Waals surface area contributed by atoms with Crippen LogP contribution < -0.4 is 24.6 Å². The number of hydrogen-bond acceptors (Lipinski definition) is 1. The summed E-state index contributed by atoms with van der Waals surface area (Å²) in [4.78, 5) is 0. The molecule has 1 aromatic carbocycles. The van der Waals surface area contributed by atoms with Gasteiger partial charge >= 0.3 is 180 Å². The van der Waals surface area contributed by atoms with Gasteiger partial charge in [0.25, 0.3) is 0 Å². The van der Waals surface area contributed by atoms with Crippen LogP contribution in [-0.4, -0.2) is 28.7 Å². The summed E-state index contributed by atoms with van der Waals surface area (Å²) in [5.74, 6) is -2.25. The predicted molar refractivity (Wildman–Crippen MR) is 105 cm³/mol. The molecule has 0 heterocycles. The van der Waals surface area contributed by atoms with Crippen LogP contribution in [0.4, 0.5) is 8.78 Å². The van der Waals surface area contributed by atoms with Crippen LogP contribution in [0.3, 0.4) is 0 Å². The zero-order valence-corrected chi connectivity index (χ0v) is 19.6. The molecule has 0 aromatic heterocycles. The molecule has 0 saturated heterocycles. The van der Waals surface area contributed by atoms with E-state index >= 15 is 0 Å². The van der Waals surface area contributed by atoms with Gasteiger partial charge in [-0.25, -0.2) is 0 Å². The maximum atomic E-state index is 14.0. The van der Waals surface area contributed by atoms with Gasteiger partial charge in [0.1, 0.15) is 0 Å². The Bertz CT molecular complexity index is 640. The van der Waals surface area contributed by atoms with E-state index < -0.39 is 11.5 Å². The van der Waals surface area contributed by atoms with Crippen molar-refractivity contribution in [2.75, 3.05) is 14.1 Å². The van der Waals surface area contributed by atoms with Gasteiger partial charge in [0, 0.05) is 0 Å². The average molecular weight is 507 g/mol. The zero-order valence-electron chi connectivity index (χ0n) is 17.5. The minimum absolute atomic E-state index is 0.0243. The van der Waals surface area contributed by atoms with Crippen LogP contribution in [0, 0.1) is 5.92 Å². The van der Waals surface area contributed by atoms with Crippen molar-refractivity contribution in [3.8, 4) is 0 Å². The number of hydrogen-bond donors (Lipinski definition) is 2. The van der Waals surface area contributed by atoms with Crippen molar-refractivity contribution >= 4 is 0 Å². The molecule has 5 heteroatoms. The molecule has 0 aliphatic heterocycles. The number of nitrogens with one attached hydrogen (secondary N) is 1. The summed E-state index contributed by atoms with van der Waals surface area (Å²) >= 11 is 0.159. The average Bonchev–Trinajstić information content (AvgIpc) is 3.06. The molecule has 28 heavy (non-hydrogen) atoms. The second-order valence-electron chi connectivity index (χ2n) is 9.23. The first-order valence-electron chi connectivity index (χ1n) is 10.8. The van der Waals surface area contributed by atoms with Gasteiger partial charge in [-0.15, -0.1) is 0 Å². The van der Waals surface area contributed by atoms with Crippen molar-refractivity contribution in [2.45, 2.75) is 86.1 Å². The number of alkyl halides is 3. The molecule has 3 unspecified atom stereocenters. The van der Waals surface area contributed by atoms with Gasteiger partial charge in [-0.3, -0.25) is 0 Å². The fourth-order valence-electron chi connectivity index (χ4n) is 5.18. The molecule has 0 spiro atoms. The van der Waals surface area contributed by atoms with Gasteiger partial charge in [0.05, 0.1) is 0 Å². The molecular formula is C23H36F2INO. The molecule has 3 atom stereocenters. The van der Waals surface area contributed by atoms with Gasteiger partial charge in [-0.1, -0.05) is 0 Å². The molecule has 3 rings (SSSR count). The van der Waals surface area contributed by atoms with E-state index in [9.17, 15) is 13.9 Å². The van der Waals surface area contributed by atoms with Crippen molar-refractivity contribution in [1.82, 2.24) is 0 Å². The minimum atomic E-state index is -2.84. The van der Waals surface area contributed by atoms with E-state index in [1.165, 1.54) is 31.7 Å². The molecule has 2 aliphatic carbocycles. The quantitative estimate of drug-likeness (QED) is 0.325. The van der Waals surface area contributed by atoms with Crippen molar-refractivity contribution in [1.29, 1.82) is 0 Å². The first kappa shape index (κ1) is 22.4. The summed E-state index contributed by atoms with van der Waals surface area (Å²) in [7, 11) is 4.51. The van der Waals surface area contributed by atoms with Crippen LogP contribution in [-0.2, 0) is 5.92 Å². The van der Waals surface area contributed by atoms with E-state index in [1.54, 1.807) is 15.2 Å². The maximum absolute atomic E-state index is 14.0. The van der Waals surface area contributed by atoms with Crippen LogP contribution >= 0.6 is 0 Å². The summed E-state index contributed by atoms with van der Waals surface area (Å²) in [6.07, 6.45) is 9.59. The van der Waals surface area contributed by atoms with E-state index in [4.69, 9.17) is 0 Å². The summed E-state index contributed by atoms with van der Waals surface area (Å²) in [5, 5.41) is 11.6. The number of halogens is 3. The molecule has 0 bridgehead atoms. The first-order valence-corrected chi connectivity index (χ1v) is 13.1. The molecule has 2 nitrogen and oxygen atoms in total. The zero-order chi connectivity index (χ0) is 20.4. The van der Waals surface area contributed by atoms with Crippen LogP contribution in [0.2, 0.25) is 0 Å². The van der Waals surface area contributed by atoms with E-state index in [2.05, 4.69) is 14.1 Å². The first-order chi connectivity index (χ1) is 13.2. The topological polar surface area (TPSA) is 24.7 Å². The van der Waals surface area contributed by atoms with E-state index in [0.29, 0.717) is 5.92 Å². The molecule has 2 aliphatic rings. The predicted octanol–water partition coefficient (Wildman–Crippen LogP) is 1.28. The Hall–Kier alpha value is -0.270. The van der Waals surface area contributed by atoms with E-state index in [1.807, 2.05) is 6.07 Å². The SMILES string of the molecule is C[NH+](C)[I-]C1CCC(CC(c2cccc(C(C)(F)F)c2)C2(O)CCCCC2)C1. The molecule has 0 amide bonds. The summed E-state index contributed by atoms with van der Waals surface area (Å²) < 4.78 is 30.4. The van der Waals surface area contributed by atoms with E-state index in [0.717, 1.165) is 48.5 Å². The monoisotopic (exact) mass is 507 g/mol. The number of quaternary nitrogens is 1. The van der Waals surface area contributed by atoms with Crippen molar-refractivity contribution in [3.05, 3.63) is 35.4 Å². The van der Waals surface area contributed by atoms with Gasteiger partial charge in [0.15, 0.2) is 0 Å². The Morgan fingerprint density at radius 1 is 1.21 bits per heavy atom. The van der Waals surface area contributed by atoms with Crippen molar-refractivity contribution < 1.29 is 38.5 Å². The number of rotatable bonds is 7.